The fourth-order valence-corrected chi connectivity index (χ4v) is 4.98. The molecule has 2 aromatic heterocycles. The van der Waals surface area contributed by atoms with Gasteiger partial charge in [0.05, 0.1) is 13.2 Å². The molecule has 4 rings (SSSR count). The van der Waals surface area contributed by atoms with Crippen LogP contribution in [-0.4, -0.2) is 53.6 Å². The van der Waals surface area contributed by atoms with Gasteiger partial charge in [0.25, 0.3) is 5.91 Å². The van der Waals surface area contributed by atoms with E-state index in [-0.39, 0.29) is 11.8 Å². The molecule has 3 aromatic rings. The molecule has 1 aromatic carbocycles. The summed E-state index contributed by atoms with van der Waals surface area (Å²) in [6.07, 6.45) is 0.638. The Balaban J connectivity index is 1.66. The third-order valence-corrected chi connectivity index (χ3v) is 6.85. The maximum atomic E-state index is 13.5. The zero-order valence-corrected chi connectivity index (χ0v) is 18.6. The summed E-state index contributed by atoms with van der Waals surface area (Å²) in [4.78, 5) is 29.4. The SMILES string of the molecule is COCCNC(=O)[C@]1(C)Cn2c(cc3ccsc32)C(=O)N1CCc1ccc(Cl)cc1. The lowest BCUT2D eigenvalue weighted by Crippen LogP contribution is -2.64. The van der Waals surface area contributed by atoms with Gasteiger partial charge in [0.2, 0.25) is 5.91 Å². The Kier molecular flexibility index (Phi) is 5.86. The molecule has 0 saturated carbocycles. The third-order valence-electron chi connectivity index (χ3n) is 5.65. The van der Waals surface area contributed by atoms with E-state index in [2.05, 4.69) is 5.32 Å². The van der Waals surface area contributed by atoms with E-state index in [9.17, 15) is 9.59 Å². The van der Waals surface area contributed by atoms with Gasteiger partial charge in [-0.15, -0.1) is 11.3 Å². The smallest absolute Gasteiger partial charge is 0.271 e. The number of hydrogen-bond acceptors (Lipinski definition) is 4. The summed E-state index contributed by atoms with van der Waals surface area (Å²) in [5, 5.41) is 6.64. The maximum Gasteiger partial charge on any atom is 0.271 e. The van der Waals surface area contributed by atoms with Crippen molar-refractivity contribution < 1.29 is 14.3 Å². The minimum atomic E-state index is -1.000. The molecule has 6 nitrogen and oxygen atoms in total. The van der Waals surface area contributed by atoms with Crippen LogP contribution in [0.3, 0.4) is 0 Å². The van der Waals surface area contributed by atoms with Crippen LogP contribution in [0.25, 0.3) is 10.2 Å². The van der Waals surface area contributed by atoms with E-state index in [1.54, 1.807) is 23.3 Å². The van der Waals surface area contributed by atoms with Crippen molar-refractivity contribution in [1.29, 1.82) is 0 Å². The second-order valence-electron chi connectivity index (χ2n) is 7.65. The number of rotatable bonds is 7. The van der Waals surface area contributed by atoms with Crippen LogP contribution in [0.1, 0.15) is 23.0 Å². The third kappa shape index (κ3) is 3.73. The molecule has 0 saturated heterocycles. The van der Waals surface area contributed by atoms with Gasteiger partial charge in [0.1, 0.15) is 16.1 Å². The Bertz CT molecular complexity index is 1080. The fraction of sp³-hybridized carbons (Fsp3) is 0.364. The van der Waals surface area contributed by atoms with Gasteiger partial charge in [0.15, 0.2) is 0 Å². The molecule has 1 N–H and O–H groups in total. The summed E-state index contributed by atoms with van der Waals surface area (Å²) in [5.41, 5.74) is 0.701. The zero-order chi connectivity index (χ0) is 21.3. The Morgan fingerprint density at radius 1 is 1.30 bits per heavy atom. The van der Waals surface area contributed by atoms with Crippen LogP contribution in [0.15, 0.2) is 41.8 Å². The van der Waals surface area contributed by atoms with Crippen LogP contribution in [0.4, 0.5) is 0 Å². The Morgan fingerprint density at radius 2 is 2.07 bits per heavy atom. The first-order valence-electron chi connectivity index (χ1n) is 9.84. The van der Waals surface area contributed by atoms with Gasteiger partial charge in [-0.25, -0.2) is 0 Å². The van der Waals surface area contributed by atoms with E-state index in [1.165, 1.54) is 0 Å². The summed E-state index contributed by atoms with van der Waals surface area (Å²) in [6.45, 7) is 3.52. The lowest BCUT2D eigenvalue weighted by atomic mass is 9.94. The number of thiophene rings is 1. The molecule has 3 heterocycles. The molecule has 1 aliphatic heterocycles. The Morgan fingerprint density at radius 3 is 2.80 bits per heavy atom. The van der Waals surface area contributed by atoms with E-state index in [0.717, 1.165) is 15.8 Å². The van der Waals surface area contributed by atoms with E-state index < -0.39 is 5.54 Å². The summed E-state index contributed by atoms with van der Waals surface area (Å²) in [7, 11) is 1.59. The number of methoxy groups -OCH3 is 1. The number of halogens is 1. The number of hydrogen-bond donors (Lipinski definition) is 1. The summed E-state index contributed by atoms with van der Waals surface area (Å²) in [5.74, 6) is -0.295. The molecule has 0 aliphatic carbocycles. The highest BCUT2D eigenvalue weighted by Crippen LogP contribution is 2.34. The number of fused-ring (bicyclic) bond motifs is 3. The summed E-state index contributed by atoms with van der Waals surface area (Å²) < 4.78 is 7.04. The predicted octanol–water partition coefficient (Wildman–Crippen LogP) is 3.58. The van der Waals surface area contributed by atoms with Gasteiger partial charge >= 0.3 is 0 Å². The standard InChI is InChI=1S/C22H24ClN3O3S/c1-22(21(28)24-9-11-29-2)14-25-18(13-16-8-12-30-20(16)25)19(27)26(22)10-7-15-3-5-17(23)6-4-15/h3-6,8,12-13H,7,9-11,14H2,1-2H3,(H,24,28)/t22-/m0/s1. The second-order valence-corrected chi connectivity index (χ2v) is 8.98. The normalized spacial score (nSPS) is 18.6. The molecule has 158 valence electrons. The minimum absolute atomic E-state index is 0.122. The highest BCUT2D eigenvalue weighted by molar-refractivity contribution is 7.16. The molecule has 1 aliphatic rings. The molecule has 2 amide bonds. The molecule has 0 fully saturated rings. The number of benzene rings is 1. The quantitative estimate of drug-likeness (QED) is 0.565. The summed E-state index contributed by atoms with van der Waals surface area (Å²) in [6, 6.07) is 11.5. The number of carbonyl (C=O) groups is 2. The minimum Gasteiger partial charge on any atom is -0.383 e. The zero-order valence-electron chi connectivity index (χ0n) is 17.0. The second kappa shape index (κ2) is 8.41. The predicted molar refractivity (Wildman–Crippen MR) is 119 cm³/mol. The molecule has 0 unspecified atom stereocenters. The van der Waals surface area contributed by atoms with Gasteiger partial charge in [-0.05, 0) is 48.6 Å². The van der Waals surface area contributed by atoms with Gasteiger partial charge in [-0.1, -0.05) is 23.7 Å². The van der Waals surface area contributed by atoms with Gasteiger partial charge in [-0.3, -0.25) is 9.59 Å². The van der Waals surface area contributed by atoms with Gasteiger partial charge in [-0.2, -0.15) is 0 Å². The van der Waals surface area contributed by atoms with Crippen LogP contribution < -0.4 is 5.32 Å². The van der Waals surface area contributed by atoms with Crippen molar-refractivity contribution in [2.24, 2.45) is 0 Å². The number of ether oxygens (including phenoxy) is 1. The molecule has 8 heteroatoms. The van der Waals surface area contributed by atoms with Crippen molar-refractivity contribution in [2.45, 2.75) is 25.4 Å². The average molecular weight is 446 g/mol. The van der Waals surface area contributed by atoms with Crippen molar-refractivity contribution in [3.05, 3.63) is 58.1 Å². The Labute approximate surface area is 184 Å². The van der Waals surface area contributed by atoms with Crippen molar-refractivity contribution in [1.82, 2.24) is 14.8 Å². The molecule has 0 bridgehead atoms. The maximum absolute atomic E-state index is 13.5. The highest BCUT2D eigenvalue weighted by Gasteiger charge is 2.47. The number of carbonyl (C=O) groups excluding carboxylic acids is 2. The van der Waals surface area contributed by atoms with Crippen LogP contribution in [0.2, 0.25) is 5.02 Å². The van der Waals surface area contributed by atoms with Crippen molar-refractivity contribution in [3.8, 4) is 0 Å². The molecular weight excluding hydrogens is 422 g/mol. The number of nitrogens with zero attached hydrogens (tertiary/aromatic N) is 2. The van der Waals surface area contributed by atoms with E-state index >= 15 is 0 Å². The van der Waals surface area contributed by atoms with Crippen LogP contribution in [-0.2, 0) is 22.5 Å². The van der Waals surface area contributed by atoms with Gasteiger partial charge < -0.3 is 19.5 Å². The molecule has 0 radical (unpaired) electrons. The Hall–Kier alpha value is -2.35. The lowest BCUT2D eigenvalue weighted by molar-refractivity contribution is -0.133. The van der Waals surface area contributed by atoms with Crippen LogP contribution >= 0.6 is 22.9 Å². The van der Waals surface area contributed by atoms with Gasteiger partial charge in [0, 0.05) is 30.6 Å². The fourth-order valence-electron chi connectivity index (χ4n) is 3.96. The topological polar surface area (TPSA) is 63.6 Å². The summed E-state index contributed by atoms with van der Waals surface area (Å²) >= 11 is 7.57. The number of aromatic nitrogens is 1. The van der Waals surface area contributed by atoms with Crippen molar-refractivity contribution in [2.75, 3.05) is 26.8 Å². The number of amides is 2. The van der Waals surface area contributed by atoms with E-state index in [0.29, 0.717) is 43.4 Å². The lowest BCUT2D eigenvalue weighted by Gasteiger charge is -2.44. The highest BCUT2D eigenvalue weighted by atomic mass is 35.5. The average Bonchev–Trinajstić information content (AvgIpc) is 3.32. The van der Waals surface area contributed by atoms with E-state index in [4.69, 9.17) is 16.3 Å². The molecular formula is C22H24ClN3O3S. The van der Waals surface area contributed by atoms with Crippen LogP contribution in [0.5, 0.6) is 0 Å². The van der Waals surface area contributed by atoms with Crippen molar-refractivity contribution >= 4 is 45.0 Å². The molecule has 1 atom stereocenters. The van der Waals surface area contributed by atoms with Crippen LogP contribution in [0, 0.1) is 0 Å². The largest absolute Gasteiger partial charge is 0.383 e. The molecule has 30 heavy (non-hydrogen) atoms. The first-order valence-corrected chi connectivity index (χ1v) is 11.1. The monoisotopic (exact) mass is 445 g/mol. The first kappa shape index (κ1) is 20.9. The van der Waals surface area contributed by atoms with Crippen molar-refractivity contribution in [3.63, 3.8) is 0 Å². The molecule has 0 spiro atoms. The van der Waals surface area contributed by atoms with E-state index in [1.807, 2.05) is 53.3 Å². The number of nitrogens with one attached hydrogen (secondary N) is 1. The first-order chi connectivity index (χ1) is 14.4.